The van der Waals surface area contributed by atoms with Crippen molar-refractivity contribution in [1.29, 1.82) is 5.26 Å². The van der Waals surface area contributed by atoms with E-state index < -0.39 is 0 Å². The van der Waals surface area contributed by atoms with Crippen LogP contribution in [0.5, 0.6) is 16.7 Å². The summed E-state index contributed by atoms with van der Waals surface area (Å²) in [4.78, 5) is 5.32. The number of aromatic nitrogens is 3. The molecule has 9 heteroatoms. The number of fused-ring (bicyclic) bond motifs is 2. The summed E-state index contributed by atoms with van der Waals surface area (Å²) in [5.41, 5.74) is 4.74. The minimum absolute atomic E-state index is 0.329. The Morgan fingerprint density at radius 1 is 1.03 bits per heavy atom. The molecule has 0 unspecified atom stereocenters. The summed E-state index contributed by atoms with van der Waals surface area (Å²) in [6.07, 6.45) is 1.80. The predicted molar refractivity (Wildman–Crippen MR) is 140 cm³/mol. The summed E-state index contributed by atoms with van der Waals surface area (Å²) >= 11 is 1.35. The average molecular weight is 509 g/mol. The Morgan fingerprint density at radius 2 is 1.92 bits per heavy atom. The van der Waals surface area contributed by atoms with Gasteiger partial charge >= 0.3 is 0 Å². The maximum atomic E-state index is 9.48. The molecule has 3 aromatic heterocycles. The van der Waals surface area contributed by atoms with Crippen molar-refractivity contribution in [3.8, 4) is 45.3 Å². The van der Waals surface area contributed by atoms with Gasteiger partial charge in [0, 0.05) is 12.1 Å². The third-order valence-electron chi connectivity index (χ3n) is 5.94. The van der Waals surface area contributed by atoms with Gasteiger partial charge in [-0.15, -0.1) is 5.10 Å². The zero-order valence-corrected chi connectivity index (χ0v) is 20.8. The first-order valence-electron chi connectivity index (χ1n) is 11.4. The summed E-state index contributed by atoms with van der Waals surface area (Å²) in [5, 5.41) is 15.2. The van der Waals surface area contributed by atoms with Crippen LogP contribution in [0.1, 0.15) is 11.1 Å². The third-order valence-corrected chi connectivity index (χ3v) is 6.82. The van der Waals surface area contributed by atoms with Crippen LogP contribution in [0.25, 0.3) is 38.5 Å². The highest BCUT2D eigenvalue weighted by molar-refractivity contribution is 7.18. The zero-order chi connectivity index (χ0) is 25.4. The molecular formula is C28H20N4O4S. The van der Waals surface area contributed by atoms with E-state index in [0.717, 1.165) is 22.1 Å². The van der Waals surface area contributed by atoms with Gasteiger partial charge in [0.15, 0.2) is 5.76 Å². The molecule has 37 heavy (non-hydrogen) atoms. The lowest BCUT2D eigenvalue weighted by Gasteiger charge is -2.11. The van der Waals surface area contributed by atoms with Crippen molar-refractivity contribution in [2.45, 2.75) is 6.61 Å². The Bertz CT molecular complexity index is 1760. The van der Waals surface area contributed by atoms with Crippen molar-refractivity contribution in [2.24, 2.45) is 0 Å². The fourth-order valence-corrected chi connectivity index (χ4v) is 4.85. The second-order valence-corrected chi connectivity index (χ2v) is 9.14. The fourth-order valence-electron chi connectivity index (χ4n) is 4.15. The molecule has 182 valence electrons. The van der Waals surface area contributed by atoms with E-state index in [-0.39, 0.29) is 0 Å². The number of hydrogen-bond acceptors (Lipinski definition) is 8. The number of ether oxygens (including phenoxy) is 3. The highest BCUT2D eigenvalue weighted by atomic mass is 32.1. The normalized spacial score (nSPS) is 11.1. The molecule has 0 N–H and O–H groups in total. The largest absolute Gasteiger partial charge is 0.496 e. The van der Waals surface area contributed by atoms with Crippen LogP contribution in [-0.2, 0) is 6.61 Å². The molecule has 3 heterocycles. The van der Waals surface area contributed by atoms with Gasteiger partial charge in [0.05, 0.1) is 37.4 Å². The Labute approximate surface area is 215 Å². The van der Waals surface area contributed by atoms with Gasteiger partial charge in [0.2, 0.25) is 4.96 Å². The maximum absolute atomic E-state index is 9.48. The van der Waals surface area contributed by atoms with E-state index in [1.165, 1.54) is 11.3 Å². The number of nitrogens with zero attached hydrogens (tertiary/aromatic N) is 4. The second kappa shape index (κ2) is 9.33. The Morgan fingerprint density at radius 3 is 2.73 bits per heavy atom. The number of benzene rings is 3. The van der Waals surface area contributed by atoms with E-state index in [2.05, 4.69) is 16.2 Å². The van der Waals surface area contributed by atoms with Gasteiger partial charge < -0.3 is 18.6 Å². The highest BCUT2D eigenvalue weighted by Gasteiger charge is 2.17. The third kappa shape index (κ3) is 4.24. The van der Waals surface area contributed by atoms with Crippen LogP contribution in [0.2, 0.25) is 0 Å². The Hall–Kier alpha value is -4.81. The zero-order valence-electron chi connectivity index (χ0n) is 20.0. The molecule has 0 aliphatic carbocycles. The van der Waals surface area contributed by atoms with Crippen molar-refractivity contribution in [2.75, 3.05) is 14.2 Å². The topological polar surface area (TPSA) is 94.8 Å². The Kier molecular flexibility index (Phi) is 5.71. The van der Waals surface area contributed by atoms with Crippen LogP contribution in [0, 0.1) is 11.3 Å². The second-order valence-electron chi connectivity index (χ2n) is 8.22. The van der Waals surface area contributed by atoms with Gasteiger partial charge in [-0.1, -0.05) is 36.4 Å². The lowest BCUT2D eigenvalue weighted by Crippen LogP contribution is -1.97. The van der Waals surface area contributed by atoms with E-state index in [9.17, 15) is 5.26 Å². The molecule has 0 fully saturated rings. The number of hydrogen-bond donors (Lipinski definition) is 0. The van der Waals surface area contributed by atoms with Gasteiger partial charge in [-0.05, 0) is 46.2 Å². The van der Waals surface area contributed by atoms with E-state index >= 15 is 0 Å². The van der Waals surface area contributed by atoms with Crippen LogP contribution in [0.3, 0.4) is 0 Å². The summed E-state index contributed by atoms with van der Waals surface area (Å²) in [7, 11) is 3.18. The lowest BCUT2D eigenvalue weighted by molar-refractivity contribution is 0.307. The van der Waals surface area contributed by atoms with Gasteiger partial charge in [-0.2, -0.15) is 5.26 Å². The Balaban J connectivity index is 1.31. The van der Waals surface area contributed by atoms with Crippen LogP contribution >= 0.6 is 11.3 Å². The summed E-state index contributed by atoms with van der Waals surface area (Å²) in [5.74, 6) is 1.85. The monoisotopic (exact) mass is 508 g/mol. The molecule has 0 saturated carbocycles. The number of methoxy groups -OCH3 is 2. The molecule has 0 amide bonds. The molecule has 0 radical (unpaired) electrons. The van der Waals surface area contributed by atoms with E-state index in [1.54, 1.807) is 24.9 Å². The van der Waals surface area contributed by atoms with Gasteiger partial charge in [0.1, 0.15) is 29.4 Å². The van der Waals surface area contributed by atoms with Crippen molar-refractivity contribution in [3.63, 3.8) is 0 Å². The standard InChI is InChI=1S/C28H20N4O4S/c1-33-20-11-24(35-16-17-6-5-8-18(10-17)21-9-4-3-7-19(21)14-29)22-13-26(36-25(22)12-20)23-15-32-27(30-23)37-28(31-32)34-2/h3-13,15H,16H2,1-2H3. The molecule has 8 nitrogen and oxygen atoms in total. The van der Waals surface area contributed by atoms with Crippen LogP contribution < -0.4 is 14.2 Å². The van der Waals surface area contributed by atoms with Gasteiger partial charge in [-0.25, -0.2) is 9.50 Å². The van der Waals surface area contributed by atoms with Gasteiger partial charge in [0.25, 0.3) is 5.19 Å². The fraction of sp³-hybridized carbons (Fsp3) is 0.107. The van der Waals surface area contributed by atoms with Crippen molar-refractivity contribution < 1.29 is 18.6 Å². The van der Waals surface area contributed by atoms with E-state index in [0.29, 0.717) is 50.9 Å². The molecule has 6 aromatic rings. The van der Waals surface area contributed by atoms with Crippen molar-refractivity contribution >= 4 is 27.3 Å². The van der Waals surface area contributed by atoms with Gasteiger partial charge in [-0.3, -0.25) is 0 Å². The SMILES string of the molecule is COc1cc(OCc2cccc(-c3ccccc3C#N)c2)c2cc(-c3cn4nc(OC)sc4n3)oc2c1. The van der Waals surface area contributed by atoms with Crippen molar-refractivity contribution in [3.05, 3.63) is 84.1 Å². The first-order chi connectivity index (χ1) is 18.1. The quantitative estimate of drug-likeness (QED) is 0.248. The minimum Gasteiger partial charge on any atom is -0.496 e. The molecule has 3 aromatic carbocycles. The molecule has 0 aliphatic rings. The number of imidazole rings is 1. The average Bonchev–Trinajstić information content (AvgIpc) is 3.64. The van der Waals surface area contributed by atoms with Crippen LogP contribution in [-0.4, -0.2) is 28.8 Å². The smallest absolute Gasteiger partial charge is 0.294 e. The summed E-state index contributed by atoms with van der Waals surface area (Å²) < 4.78 is 24.7. The molecule has 0 atom stereocenters. The summed E-state index contributed by atoms with van der Waals surface area (Å²) in [6, 6.07) is 23.4. The molecular weight excluding hydrogens is 488 g/mol. The minimum atomic E-state index is 0.329. The summed E-state index contributed by atoms with van der Waals surface area (Å²) in [6.45, 7) is 0.329. The first-order valence-corrected chi connectivity index (χ1v) is 12.2. The van der Waals surface area contributed by atoms with Crippen molar-refractivity contribution in [1.82, 2.24) is 14.6 Å². The number of nitriles is 1. The van der Waals surface area contributed by atoms with E-state index in [4.69, 9.17) is 18.6 Å². The van der Waals surface area contributed by atoms with Crippen LogP contribution in [0.4, 0.5) is 0 Å². The maximum Gasteiger partial charge on any atom is 0.294 e. The molecule has 0 bridgehead atoms. The number of rotatable bonds is 7. The molecule has 0 aliphatic heterocycles. The molecule has 0 spiro atoms. The first kappa shape index (κ1) is 22.6. The van der Waals surface area contributed by atoms with Crippen LogP contribution in [0.15, 0.2) is 77.3 Å². The predicted octanol–water partition coefficient (Wildman–Crippen LogP) is 6.34. The molecule has 0 saturated heterocycles. The molecule has 6 rings (SSSR count). The van der Waals surface area contributed by atoms with E-state index in [1.807, 2.05) is 66.7 Å². The number of furan rings is 1. The lowest BCUT2D eigenvalue weighted by atomic mass is 9.99. The highest BCUT2D eigenvalue weighted by Crippen LogP contribution is 2.37.